The highest BCUT2D eigenvalue weighted by Gasteiger charge is 2.29. The first kappa shape index (κ1) is 17.8. The van der Waals surface area contributed by atoms with E-state index in [2.05, 4.69) is 5.32 Å². The number of nitrogens with one attached hydrogen (secondary N) is 1. The summed E-state index contributed by atoms with van der Waals surface area (Å²) in [7, 11) is 4.81. The molecule has 1 aliphatic rings. The van der Waals surface area contributed by atoms with Crippen LogP contribution in [-0.2, 0) is 4.79 Å². The average molecular weight is 354 g/mol. The molecule has 2 aromatic carbocycles. The van der Waals surface area contributed by atoms with Crippen molar-refractivity contribution >= 4 is 23.2 Å². The first-order chi connectivity index (χ1) is 12.5. The summed E-state index contributed by atoms with van der Waals surface area (Å²) in [6.45, 7) is 0. The van der Waals surface area contributed by atoms with E-state index >= 15 is 0 Å². The highest BCUT2D eigenvalue weighted by Crippen LogP contribution is 2.31. The predicted octanol–water partition coefficient (Wildman–Crippen LogP) is 3.33. The molecule has 26 heavy (non-hydrogen) atoms. The van der Waals surface area contributed by atoms with Crippen molar-refractivity contribution in [3.8, 4) is 11.5 Å². The Bertz CT molecular complexity index is 808. The number of carbonyl (C=O) groups is 2. The molecule has 2 amide bonds. The second kappa shape index (κ2) is 7.47. The summed E-state index contributed by atoms with van der Waals surface area (Å²) in [5.74, 6) is 1.14. The second-order valence-corrected chi connectivity index (χ2v) is 6.28. The highest BCUT2D eigenvalue weighted by atomic mass is 16.5. The van der Waals surface area contributed by atoms with E-state index in [-0.39, 0.29) is 17.7 Å². The van der Waals surface area contributed by atoms with Crippen LogP contribution in [0.2, 0.25) is 0 Å². The minimum Gasteiger partial charge on any atom is -0.497 e. The van der Waals surface area contributed by atoms with Crippen molar-refractivity contribution in [2.45, 2.75) is 12.8 Å². The van der Waals surface area contributed by atoms with Crippen LogP contribution in [0.1, 0.15) is 23.2 Å². The average Bonchev–Trinajstić information content (AvgIpc) is 3.52. The van der Waals surface area contributed by atoms with Crippen LogP contribution >= 0.6 is 0 Å². The van der Waals surface area contributed by atoms with Gasteiger partial charge in [0.25, 0.3) is 5.91 Å². The maximum absolute atomic E-state index is 12.9. The molecule has 0 aromatic heterocycles. The van der Waals surface area contributed by atoms with Gasteiger partial charge in [-0.05, 0) is 31.0 Å². The summed E-state index contributed by atoms with van der Waals surface area (Å²) < 4.78 is 10.5. The minimum atomic E-state index is -0.192. The van der Waals surface area contributed by atoms with Gasteiger partial charge in [-0.1, -0.05) is 6.07 Å². The summed E-state index contributed by atoms with van der Waals surface area (Å²) in [5.41, 5.74) is 1.77. The van der Waals surface area contributed by atoms with Gasteiger partial charge in [-0.3, -0.25) is 9.59 Å². The number of methoxy groups -OCH3 is 2. The Kier molecular flexibility index (Phi) is 5.11. The number of amides is 2. The van der Waals surface area contributed by atoms with Gasteiger partial charge in [-0.2, -0.15) is 0 Å². The van der Waals surface area contributed by atoms with Crippen molar-refractivity contribution in [2.24, 2.45) is 5.92 Å². The van der Waals surface area contributed by atoms with E-state index in [1.807, 2.05) is 0 Å². The van der Waals surface area contributed by atoms with Crippen LogP contribution in [0.5, 0.6) is 11.5 Å². The summed E-state index contributed by atoms with van der Waals surface area (Å²) in [6, 6.07) is 12.2. The summed E-state index contributed by atoms with van der Waals surface area (Å²) >= 11 is 0. The van der Waals surface area contributed by atoms with E-state index in [9.17, 15) is 9.59 Å². The summed E-state index contributed by atoms with van der Waals surface area (Å²) in [6.07, 6.45) is 1.87. The molecule has 0 aliphatic heterocycles. The molecular formula is C20H22N2O4. The second-order valence-electron chi connectivity index (χ2n) is 6.28. The van der Waals surface area contributed by atoms with Gasteiger partial charge in [-0.15, -0.1) is 0 Å². The van der Waals surface area contributed by atoms with E-state index < -0.39 is 0 Å². The summed E-state index contributed by atoms with van der Waals surface area (Å²) in [4.78, 5) is 26.3. The van der Waals surface area contributed by atoms with Crippen LogP contribution < -0.4 is 19.7 Å². The molecule has 0 unspecified atom stereocenters. The van der Waals surface area contributed by atoms with Crippen LogP contribution in [0.15, 0.2) is 42.5 Å². The number of hydrogen-bond acceptors (Lipinski definition) is 4. The predicted molar refractivity (Wildman–Crippen MR) is 100 cm³/mol. The quantitative estimate of drug-likeness (QED) is 0.864. The van der Waals surface area contributed by atoms with Gasteiger partial charge in [0.1, 0.15) is 11.5 Å². The van der Waals surface area contributed by atoms with Gasteiger partial charge in [0.2, 0.25) is 5.91 Å². The van der Waals surface area contributed by atoms with Crippen molar-refractivity contribution in [3.05, 3.63) is 48.0 Å². The number of rotatable bonds is 6. The lowest BCUT2D eigenvalue weighted by atomic mass is 10.1. The molecule has 1 N–H and O–H groups in total. The largest absolute Gasteiger partial charge is 0.497 e. The number of nitrogens with zero attached hydrogens (tertiary/aromatic N) is 1. The maximum Gasteiger partial charge on any atom is 0.258 e. The third-order valence-electron chi connectivity index (χ3n) is 4.35. The van der Waals surface area contributed by atoms with E-state index in [1.54, 1.807) is 63.7 Å². The fourth-order valence-electron chi connectivity index (χ4n) is 2.62. The Morgan fingerprint density at radius 3 is 2.27 bits per heavy atom. The molecule has 136 valence electrons. The molecule has 3 rings (SSSR count). The molecule has 0 heterocycles. The first-order valence-corrected chi connectivity index (χ1v) is 8.44. The fourth-order valence-corrected chi connectivity index (χ4v) is 2.62. The lowest BCUT2D eigenvalue weighted by Gasteiger charge is -2.19. The Labute approximate surface area is 152 Å². The number of carbonyl (C=O) groups excluding carboxylic acids is 2. The topological polar surface area (TPSA) is 67.9 Å². The molecule has 0 bridgehead atoms. The maximum atomic E-state index is 12.9. The van der Waals surface area contributed by atoms with Gasteiger partial charge in [-0.25, -0.2) is 0 Å². The first-order valence-electron chi connectivity index (χ1n) is 8.44. The fraction of sp³-hybridized carbons (Fsp3) is 0.300. The minimum absolute atomic E-state index is 0.0143. The zero-order chi connectivity index (χ0) is 18.7. The lowest BCUT2D eigenvalue weighted by Crippen LogP contribution is -2.26. The molecule has 6 nitrogen and oxygen atoms in total. The smallest absolute Gasteiger partial charge is 0.258 e. The zero-order valence-electron chi connectivity index (χ0n) is 15.1. The van der Waals surface area contributed by atoms with Crippen LogP contribution in [0.25, 0.3) is 0 Å². The molecule has 0 spiro atoms. The Hall–Kier alpha value is -3.02. The molecule has 1 fully saturated rings. The number of benzene rings is 2. The molecule has 6 heteroatoms. The zero-order valence-corrected chi connectivity index (χ0v) is 15.1. The van der Waals surface area contributed by atoms with Crippen LogP contribution in [0.3, 0.4) is 0 Å². The van der Waals surface area contributed by atoms with E-state index in [4.69, 9.17) is 9.47 Å². The van der Waals surface area contributed by atoms with Gasteiger partial charge in [0, 0.05) is 42.4 Å². The monoisotopic (exact) mass is 354 g/mol. The lowest BCUT2D eigenvalue weighted by molar-refractivity contribution is -0.117. The van der Waals surface area contributed by atoms with Crippen molar-refractivity contribution < 1.29 is 19.1 Å². The number of hydrogen-bond donors (Lipinski definition) is 1. The number of ether oxygens (including phenoxy) is 2. The summed E-state index contributed by atoms with van der Waals surface area (Å²) in [5, 5.41) is 2.86. The Morgan fingerprint density at radius 2 is 1.69 bits per heavy atom. The van der Waals surface area contributed by atoms with Crippen molar-refractivity contribution in [2.75, 3.05) is 31.5 Å². The van der Waals surface area contributed by atoms with E-state index in [0.717, 1.165) is 12.8 Å². The van der Waals surface area contributed by atoms with E-state index in [1.165, 1.54) is 4.90 Å². The van der Waals surface area contributed by atoms with Crippen LogP contribution in [-0.4, -0.2) is 33.1 Å². The molecule has 1 saturated carbocycles. The molecule has 2 aromatic rings. The standard InChI is InChI=1S/C20H22N2O4/c1-22(16-10-17(25-2)12-18(11-16)26-3)20(24)14-5-4-6-15(9-14)21-19(23)13-7-8-13/h4-6,9-13H,7-8H2,1-3H3,(H,21,23). The van der Waals surface area contributed by atoms with Crippen molar-refractivity contribution in [1.82, 2.24) is 0 Å². The van der Waals surface area contributed by atoms with Crippen molar-refractivity contribution in [1.29, 1.82) is 0 Å². The Balaban J connectivity index is 1.81. The highest BCUT2D eigenvalue weighted by molar-refractivity contribution is 6.07. The van der Waals surface area contributed by atoms with Crippen LogP contribution in [0.4, 0.5) is 11.4 Å². The SMILES string of the molecule is COc1cc(OC)cc(N(C)C(=O)c2cccc(NC(=O)C3CC3)c2)c1. The molecule has 0 atom stereocenters. The third kappa shape index (κ3) is 3.96. The molecule has 0 radical (unpaired) electrons. The third-order valence-corrected chi connectivity index (χ3v) is 4.35. The van der Waals surface area contributed by atoms with Gasteiger partial charge >= 0.3 is 0 Å². The van der Waals surface area contributed by atoms with Gasteiger partial charge < -0.3 is 19.7 Å². The van der Waals surface area contributed by atoms with Crippen molar-refractivity contribution in [3.63, 3.8) is 0 Å². The van der Waals surface area contributed by atoms with Gasteiger partial charge in [0.15, 0.2) is 0 Å². The van der Waals surface area contributed by atoms with E-state index in [0.29, 0.717) is 28.4 Å². The van der Waals surface area contributed by atoms with Crippen LogP contribution in [0, 0.1) is 5.92 Å². The normalized spacial score (nSPS) is 13.0. The molecule has 0 saturated heterocycles. The molecule has 1 aliphatic carbocycles. The van der Waals surface area contributed by atoms with Gasteiger partial charge in [0.05, 0.1) is 19.9 Å². The number of anilines is 2. The Morgan fingerprint density at radius 1 is 1.04 bits per heavy atom. The molecular weight excluding hydrogens is 332 g/mol.